The van der Waals surface area contributed by atoms with Crippen molar-refractivity contribution in [2.24, 2.45) is 11.8 Å². The van der Waals surface area contributed by atoms with E-state index < -0.39 is 0 Å². The summed E-state index contributed by atoms with van der Waals surface area (Å²) in [6.45, 7) is 2.26. The van der Waals surface area contributed by atoms with Crippen molar-refractivity contribution in [2.75, 3.05) is 0 Å². The van der Waals surface area contributed by atoms with Crippen molar-refractivity contribution in [3.8, 4) is 0 Å². The van der Waals surface area contributed by atoms with Crippen molar-refractivity contribution in [1.82, 2.24) is 0 Å². The van der Waals surface area contributed by atoms with Crippen LogP contribution in [0, 0.1) is 11.8 Å². The zero-order valence-corrected chi connectivity index (χ0v) is 12.7. The molecule has 2 rings (SSSR count). The summed E-state index contributed by atoms with van der Waals surface area (Å²) < 4.78 is 1.12. The molecule has 1 nitrogen and oxygen atoms in total. The number of aliphatic hydroxyl groups excluding tert-OH is 1. The van der Waals surface area contributed by atoms with Crippen LogP contribution in [0.5, 0.6) is 0 Å². The summed E-state index contributed by atoms with van der Waals surface area (Å²) >= 11 is 3.57. The standard InChI is InChI=1S/C16H23BrO/c1-2-12-7-3-5-9-14(12)16(18)11-13-8-4-6-10-15(13)17/h4,6,8,10,12,14,16,18H,2-3,5,7,9,11H2,1H3. The van der Waals surface area contributed by atoms with Crippen molar-refractivity contribution in [3.63, 3.8) is 0 Å². The first-order chi connectivity index (χ1) is 8.72. The molecule has 0 heterocycles. The van der Waals surface area contributed by atoms with E-state index in [2.05, 4.69) is 35.0 Å². The van der Waals surface area contributed by atoms with E-state index in [1.165, 1.54) is 37.7 Å². The van der Waals surface area contributed by atoms with Crippen LogP contribution in [-0.4, -0.2) is 11.2 Å². The van der Waals surface area contributed by atoms with Gasteiger partial charge in [-0.3, -0.25) is 0 Å². The van der Waals surface area contributed by atoms with E-state index in [9.17, 15) is 5.11 Å². The highest BCUT2D eigenvalue weighted by atomic mass is 79.9. The van der Waals surface area contributed by atoms with E-state index in [0.29, 0.717) is 5.92 Å². The van der Waals surface area contributed by atoms with Crippen LogP contribution in [0.15, 0.2) is 28.7 Å². The van der Waals surface area contributed by atoms with Crippen molar-refractivity contribution < 1.29 is 5.11 Å². The van der Waals surface area contributed by atoms with Crippen LogP contribution in [0.25, 0.3) is 0 Å². The van der Waals surface area contributed by atoms with E-state index in [0.717, 1.165) is 16.8 Å². The van der Waals surface area contributed by atoms with E-state index >= 15 is 0 Å². The van der Waals surface area contributed by atoms with Crippen LogP contribution < -0.4 is 0 Å². The summed E-state index contributed by atoms with van der Waals surface area (Å²) in [7, 11) is 0. The molecule has 0 aliphatic heterocycles. The molecule has 3 atom stereocenters. The molecular weight excluding hydrogens is 288 g/mol. The molecule has 0 saturated heterocycles. The molecule has 1 aromatic rings. The van der Waals surface area contributed by atoms with E-state index in [1.807, 2.05) is 12.1 Å². The van der Waals surface area contributed by atoms with E-state index in [-0.39, 0.29) is 6.10 Å². The lowest BCUT2D eigenvalue weighted by Crippen LogP contribution is -2.32. The number of benzene rings is 1. The number of hydrogen-bond acceptors (Lipinski definition) is 1. The second-order valence-electron chi connectivity index (χ2n) is 5.48. The summed E-state index contributed by atoms with van der Waals surface area (Å²) in [4.78, 5) is 0. The molecule has 1 saturated carbocycles. The van der Waals surface area contributed by atoms with Gasteiger partial charge in [-0.15, -0.1) is 0 Å². The lowest BCUT2D eigenvalue weighted by Gasteiger charge is -2.34. The molecule has 0 bridgehead atoms. The van der Waals surface area contributed by atoms with Crippen LogP contribution in [-0.2, 0) is 6.42 Å². The molecule has 1 N–H and O–H groups in total. The molecule has 0 aromatic heterocycles. The van der Waals surface area contributed by atoms with Gasteiger partial charge in [-0.25, -0.2) is 0 Å². The van der Waals surface area contributed by atoms with Crippen molar-refractivity contribution in [1.29, 1.82) is 0 Å². The predicted molar refractivity (Wildman–Crippen MR) is 79.6 cm³/mol. The van der Waals surface area contributed by atoms with Gasteiger partial charge in [0.1, 0.15) is 0 Å². The molecule has 3 unspecified atom stereocenters. The summed E-state index contributed by atoms with van der Waals surface area (Å²) in [5.41, 5.74) is 1.23. The van der Waals surface area contributed by atoms with Gasteiger partial charge in [0.15, 0.2) is 0 Å². The molecule has 2 heteroatoms. The molecule has 0 amide bonds. The Morgan fingerprint density at radius 1 is 1.28 bits per heavy atom. The predicted octanol–water partition coefficient (Wildman–Crippen LogP) is 4.57. The Morgan fingerprint density at radius 3 is 2.72 bits per heavy atom. The quantitative estimate of drug-likeness (QED) is 0.863. The van der Waals surface area contributed by atoms with Gasteiger partial charge in [0, 0.05) is 4.47 Å². The van der Waals surface area contributed by atoms with Crippen molar-refractivity contribution in [2.45, 2.75) is 51.6 Å². The largest absolute Gasteiger partial charge is 0.392 e. The maximum Gasteiger partial charge on any atom is 0.0611 e. The van der Waals surface area contributed by atoms with E-state index in [4.69, 9.17) is 0 Å². The number of halogens is 1. The molecule has 1 aliphatic rings. The normalized spacial score (nSPS) is 25.9. The zero-order chi connectivity index (χ0) is 13.0. The van der Waals surface area contributed by atoms with Gasteiger partial charge in [0.25, 0.3) is 0 Å². The minimum absolute atomic E-state index is 0.186. The molecule has 1 aliphatic carbocycles. The second kappa shape index (κ2) is 6.72. The zero-order valence-electron chi connectivity index (χ0n) is 11.1. The Bertz CT molecular complexity index is 377. The maximum atomic E-state index is 10.5. The van der Waals surface area contributed by atoms with Crippen LogP contribution in [0.2, 0.25) is 0 Å². The highest BCUT2D eigenvalue weighted by Crippen LogP contribution is 2.35. The smallest absolute Gasteiger partial charge is 0.0611 e. The van der Waals surface area contributed by atoms with E-state index in [1.54, 1.807) is 0 Å². The first kappa shape index (κ1) is 14.1. The molecule has 1 fully saturated rings. The third-order valence-electron chi connectivity index (χ3n) is 4.37. The summed E-state index contributed by atoms with van der Waals surface area (Å²) in [5.74, 6) is 1.21. The van der Waals surface area contributed by atoms with Crippen LogP contribution in [0.4, 0.5) is 0 Å². The van der Waals surface area contributed by atoms with Gasteiger partial charge in [0.2, 0.25) is 0 Å². The SMILES string of the molecule is CCC1CCCCC1C(O)Cc1ccccc1Br. The summed E-state index contributed by atoms with van der Waals surface area (Å²) in [6.07, 6.45) is 6.93. The minimum Gasteiger partial charge on any atom is -0.392 e. The van der Waals surface area contributed by atoms with Crippen LogP contribution in [0.1, 0.15) is 44.6 Å². The molecule has 18 heavy (non-hydrogen) atoms. The Kier molecular flexibility index (Phi) is 5.25. The molecule has 1 aromatic carbocycles. The number of rotatable bonds is 4. The number of aliphatic hydroxyl groups is 1. The number of hydrogen-bond donors (Lipinski definition) is 1. The lowest BCUT2D eigenvalue weighted by molar-refractivity contribution is 0.0463. The molecule has 100 valence electrons. The Morgan fingerprint density at radius 2 is 2.00 bits per heavy atom. The third-order valence-corrected chi connectivity index (χ3v) is 5.15. The fraction of sp³-hybridized carbons (Fsp3) is 0.625. The Hall–Kier alpha value is -0.340. The Balaban J connectivity index is 2.02. The summed E-state index contributed by atoms with van der Waals surface area (Å²) in [6, 6.07) is 8.23. The van der Waals surface area contributed by atoms with Gasteiger partial charge in [-0.05, 0) is 36.3 Å². The molecule has 0 spiro atoms. The highest BCUT2D eigenvalue weighted by molar-refractivity contribution is 9.10. The van der Waals surface area contributed by atoms with Gasteiger partial charge >= 0.3 is 0 Å². The van der Waals surface area contributed by atoms with Crippen molar-refractivity contribution >= 4 is 15.9 Å². The highest BCUT2D eigenvalue weighted by Gasteiger charge is 2.29. The average Bonchev–Trinajstić information content (AvgIpc) is 2.41. The monoisotopic (exact) mass is 310 g/mol. The minimum atomic E-state index is -0.186. The average molecular weight is 311 g/mol. The fourth-order valence-electron chi connectivity index (χ4n) is 3.29. The molecular formula is C16H23BrO. The Labute approximate surface area is 119 Å². The molecule has 0 radical (unpaired) electrons. The summed E-state index contributed by atoms with van der Waals surface area (Å²) in [5, 5.41) is 10.5. The first-order valence-corrected chi connectivity index (χ1v) is 7.93. The van der Waals surface area contributed by atoms with Gasteiger partial charge in [-0.2, -0.15) is 0 Å². The van der Waals surface area contributed by atoms with Gasteiger partial charge in [-0.1, -0.05) is 66.7 Å². The second-order valence-corrected chi connectivity index (χ2v) is 6.33. The van der Waals surface area contributed by atoms with Crippen LogP contribution >= 0.6 is 15.9 Å². The fourth-order valence-corrected chi connectivity index (χ4v) is 3.74. The van der Waals surface area contributed by atoms with Crippen LogP contribution in [0.3, 0.4) is 0 Å². The maximum absolute atomic E-state index is 10.5. The lowest BCUT2D eigenvalue weighted by atomic mass is 9.74. The van der Waals surface area contributed by atoms with Gasteiger partial charge in [0.05, 0.1) is 6.10 Å². The third kappa shape index (κ3) is 3.36. The topological polar surface area (TPSA) is 20.2 Å². The first-order valence-electron chi connectivity index (χ1n) is 7.13. The van der Waals surface area contributed by atoms with Gasteiger partial charge < -0.3 is 5.11 Å². The van der Waals surface area contributed by atoms with Crippen molar-refractivity contribution in [3.05, 3.63) is 34.3 Å².